The van der Waals surface area contributed by atoms with Crippen LogP contribution in [0.1, 0.15) is 16.7 Å². The number of rotatable bonds is 8. The summed E-state index contributed by atoms with van der Waals surface area (Å²) < 4.78 is 5.38. The van der Waals surface area contributed by atoms with Gasteiger partial charge in [-0.2, -0.15) is 10.1 Å². The molecular weight excluding hydrogens is 326 g/mol. The molecule has 3 aromatic rings. The number of methoxy groups -OCH3 is 1. The van der Waals surface area contributed by atoms with Gasteiger partial charge in [0.2, 0.25) is 5.95 Å². The lowest BCUT2D eigenvalue weighted by molar-refractivity contribution is 0.410. The third-order valence-electron chi connectivity index (χ3n) is 4.15. The van der Waals surface area contributed by atoms with Gasteiger partial charge in [0, 0.05) is 13.1 Å². The summed E-state index contributed by atoms with van der Waals surface area (Å²) in [5, 5.41) is 14.6. The van der Waals surface area contributed by atoms with Crippen molar-refractivity contribution in [1.29, 1.82) is 0 Å². The van der Waals surface area contributed by atoms with Crippen LogP contribution in [0, 0.1) is 6.92 Å². The summed E-state index contributed by atoms with van der Waals surface area (Å²) >= 11 is 0. The number of aromatic nitrogens is 3. The SMILES string of the molecule is COc1ccccc1CCNc1cnnc(NCc2ccccc2C)n1. The van der Waals surface area contributed by atoms with Crippen LogP contribution in [-0.4, -0.2) is 28.8 Å². The lowest BCUT2D eigenvalue weighted by atomic mass is 10.1. The van der Waals surface area contributed by atoms with E-state index < -0.39 is 0 Å². The van der Waals surface area contributed by atoms with Crippen molar-refractivity contribution < 1.29 is 4.74 Å². The minimum Gasteiger partial charge on any atom is -0.496 e. The molecule has 0 aliphatic heterocycles. The van der Waals surface area contributed by atoms with E-state index >= 15 is 0 Å². The molecule has 6 nitrogen and oxygen atoms in total. The van der Waals surface area contributed by atoms with Gasteiger partial charge in [0.15, 0.2) is 5.82 Å². The van der Waals surface area contributed by atoms with E-state index in [-0.39, 0.29) is 0 Å². The number of benzene rings is 2. The monoisotopic (exact) mass is 349 g/mol. The molecule has 0 amide bonds. The van der Waals surface area contributed by atoms with Crippen molar-refractivity contribution in [3.8, 4) is 5.75 Å². The number of hydrogen-bond donors (Lipinski definition) is 2. The van der Waals surface area contributed by atoms with Crippen LogP contribution < -0.4 is 15.4 Å². The van der Waals surface area contributed by atoms with Crippen molar-refractivity contribution in [3.05, 3.63) is 71.4 Å². The molecule has 0 aliphatic rings. The quantitative estimate of drug-likeness (QED) is 0.649. The van der Waals surface area contributed by atoms with Gasteiger partial charge in [-0.3, -0.25) is 0 Å². The van der Waals surface area contributed by atoms with E-state index in [1.165, 1.54) is 11.1 Å². The van der Waals surface area contributed by atoms with E-state index in [4.69, 9.17) is 4.74 Å². The maximum absolute atomic E-state index is 5.38. The molecule has 0 bridgehead atoms. The summed E-state index contributed by atoms with van der Waals surface area (Å²) in [6.07, 6.45) is 2.46. The topological polar surface area (TPSA) is 72.0 Å². The lowest BCUT2D eigenvalue weighted by Gasteiger charge is -2.10. The second kappa shape index (κ2) is 8.80. The van der Waals surface area contributed by atoms with Gasteiger partial charge in [0.05, 0.1) is 13.3 Å². The second-order valence-electron chi connectivity index (χ2n) is 5.93. The number of hydrogen-bond acceptors (Lipinski definition) is 6. The molecule has 3 rings (SSSR count). The minimum atomic E-state index is 0.510. The van der Waals surface area contributed by atoms with Crippen LogP contribution in [0.2, 0.25) is 0 Å². The van der Waals surface area contributed by atoms with Crippen LogP contribution in [0.15, 0.2) is 54.7 Å². The molecule has 1 aromatic heterocycles. The van der Waals surface area contributed by atoms with Crippen LogP contribution in [0.4, 0.5) is 11.8 Å². The Morgan fingerprint density at radius 3 is 2.54 bits per heavy atom. The van der Waals surface area contributed by atoms with Crippen molar-refractivity contribution >= 4 is 11.8 Å². The first-order valence-corrected chi connectivity index (χ1v) is 8.60. The first-order chi connectivity index (χ1) is 12.8. The predicted octanol–water partition coefficient (Wildman–Crippen LogP) is 3.46. The molecule has 0 aliphatic carbocycles. The van der Waals surface area contributed by atoms with Gasteiger partial charge in [-0.05, 0) is 36.1 Å². The van der Waals surface area contributed by atoms with Crippen LogP contribution in [0.3, 0.4) is 0 Å². The highest BCUT2D eigenvalue weighted by Crippen LogP contribution is 2.17. The average molecular weight is 349 g/mol. The number of nitrogens with zero attached hydrogens (tertiary/aromatic N) is 3. The van der Waals surface area contributed by atoms with Gasteiger partial charge in [0.25, 0.3) is 0 Å². The molecule has 134 valence electrons. The Hall–Kier alpha value is -3.15. The number of nitrogens with one attached hydrogen (secondary N) is 2. The van der Waals surface area contributed by atoms with Gasteiger partial charge in [-0.25, -0.2) is 0 Å². The Morgan fingerprint density at radius 2 is 1.73 bits per heavy atom. The Morgan fingerprint density at radius 1 is 0.962 bits per heavy atom. The van der Waals surface area contributed by atoms with Gasteiger partial charge >= 0.3 is 0 Å². The van der Waals surface area contributed by atoms with Gasteiger partial charge in [0.1, 0.15) is 5.75 Å². The number of aryl methyl sites for hydroxylation is 1. The van der Waals surface area contributed by atoms with Crippen molar-refractivity contribution in [3.63, 3.8) is 0 Å². The summed E-state index contributed by atoms with van der Waals surface area (Å²) in [7, 11) is 1.69. The third kappa shape index (κ3) is 4.69. The fraction of sp³-hybridized carbons (Fsp3) is 0.250. The Balaban J connectivity index is 1.55. The third-order valence-corrected chi connectivity index (χ3v) is 4.15. The molecule has 2 aromatic carbocycles. The summed E-state index contributed by atoms with van der Waals surface area (Å²) in [5.74, 6) is 2.11. The Labute approximate surface area is 153 Å². The van der Waals surface area contributed by atoms with Gasteiger partial charge in [-0.15, -0.1) is 5.10 Å². The van der Waals surface area contributed by atoms with Crippen molar-refractivity contribution in [2.24, 2.45) is 0 Å². The van der Waals surface area contributed by atoms with Crippen LogP contribution in [-0.2, 0) is 13.0 Å². The number of ether oxygens (including phenoxy) is 1. The smallest absolute Gasteiger partial charge is 0.244 e. The van der Waals surface area contributed by atoms with Crippen LogP contribution in [0.25, 0.3) is 0 Å². The molecule has 0 unspecified atom stereocenters. The summed E-state index contributed by atoms with van der Waals surface area (Å²) in [4.78, 5) is 4.46. The molecule has 1 heterocycles. The zero-order valence-electron chi connectivity index (χ0n) is 15.1. The first-order valence-electron chi connectivity index (χ1n) is 8.60. The Bertz CT molecular complexity index is 853. The van der Waals surface area contributed by atoms with E-state index in [1.807, 2.05) is 30.3 Å². The molecule has 2 N–H and O–H groups in total. The molecule has 0 atom stereocenters. The highest BCUT2D eigenvalue weighted by Gasteiger charge is 2.04. The molecule has 0 radical (unpaired) electrons. The standard InChI is InChI=1S/C20H23N5O/c1-15-7-3-4-9-17(15)13-22-20-24-19(14-23-25-20)21-12-11-16-8-5-6-10-18(16)26-2/h3-10,14H,11-13H2,1-2H3,(H2,21,22,24,25). The normalized spacial score (nSPS) is 10.4. The molecular formula is C20H23N5O. The highest BCUT2D eigenvalue weighted by atomic mass is 16.5. The largest absolute Gasteiger partial charge is 0.496 e. The van der Waals surface area contributed by atoms with E-state index in [2.05, 4.69) is 50.9 Å². The van der Waals surface area contributed by atoms with E-state index in [0.29, 0.717) is 18.3 Å². The molecule has 26 heavy (non-hydrogen) atoms. The van der Waals surface area contributed by atoms with E-state index in [0.717, 1.165) is 24.3 Å². The second-order valence-corrected chi connectivity index (χ2v) is 5.93. The number of para-hydroxylation sites is 1. The zero-order chi connectivity index (χ0) is 18.2. The number of anilines is 2. The fourth-order valence-electron chi connectivity index (χ4n) is 2.68. The van der Waals surface area contributed by atoms with Gasteiger partial charge < -0.3 is 15.4 Å². The first kappa shape index (κ1) is 17.7. The van der Waals surface area contributed by atoms with Crippen molar-refractivity contribution in [1.82, 2.24) is 15.2 Å². The molecule has 6 heteroatoms. The minimum absolute atomic E-state index is 0.510. The van der Waals surface area contributed by atoms with E-state index in [9.17, 15) is 0 Å². The maximum atomic E-state index is 5.38. The average Bonchev–Trinajstić information content (AvgIpc) is 2.68. The molecule has 0 fully saturated rings. The highest BCUT2D eigenvalue weighted by molar-refractivity contribution is 5.39. The van der Waals surface area contributed by atoms with E-state index in [1.54, 1.807) is 13.3 Å². The zero-order valence-corrected chi connectivity index (χ0v) is 15.1. The lowest BCUT2D eigenvalue weighted by Crippen LogP contribution is -2.10. The maximum Gasteiger partial charge on any atom is 0.244 e. The fourth-order valence-corrected chi connectivity index (χ4v) is 2.68. The van der Waals surface area contributed by atoms with Crippen LogP contribution >= 0.6 is 0 Å². The van der Waals surface area contributed by atoms with Crippen molar-refractivity contribution in [2.75, 3.05) is 24.3 Å². The molecule has 0 spiro atoms. The van der Waals surface area contributed by atoms with Crippen LogP contribution in [0.5, 0.6) is 5.75 Å². The van der Waals surface area contributed by atoms with Gasteiger partial charge in [-0.1, -0.05) is 42.5 Å². The predicted molar refractivity (Wildman–Crippen MR) is 104 cm³/mol. The van der Waals surface area contributed by atoms with Crippen molar-refractivity contribution in [2.45, 2.75) is 19.9 Å². The summed E-state index contributed by atoms with van der Waals surface area (Å²) in [5.41, 5.74) is 3.60. The molecule has 0 saturated heterocycles. The molecule has 0 saturated carbocycles. The summed E-state index contributed by atoms with van der Waals surface area (Å²) in [6, 6.07) is 16.2. The summed E-state index contributed by atoms with van der Waals surface area (Å²) in [6.45, 7) is 3.49. The Kier molecular flexibility index (Phi) is 5.98.